The maximum Gasteiger partial charge on any atom is 0.0991 e. The van der Waals surface area contributed by atoms with Crippen molar-refractivity contribution in [3.8, 4) is 6.07 Å². The van der Waals surface area contributed by atoms with Crippen molar-refractivity contribution >= 4 is 5.69 Å². The van der Waals surface area contributed by atoms with Gasteiger partial charge in [-0.05, 0) is 50.6 Å². The second kappa shape index (κ2) is 6.95. The fraction of sp³-hybridized carbons (Fsp3) is 0.650. The maximum atomic E-state index is 8.94. The van der Waals surface area contributed by atoms with E-state index in [1.165, 1.54) is 38.3 Å². The molecular formula is C20H28N4O. The highest BCUT2D eigenvalue weighted by Gasteiger charge is 2.44. The van der Waals surface area contributed by atoms with Gasteiger partial charge in [0.25, 0.3) is 0 Å². The third-order valence-corrected chi connectivity index (χ3v) is 6.28. The summed E-state index contributed by atoms with van der Waals surface area (Å²) in [7, 11) is 2.21. The van der Waals surface area contributed by atoms with Gasteiger partial charge in [0.05, 0.1) is 23.8 Å². The van der Waals surface area contributed by atoms with Gasteiger partial charge in [0.2, 0.25) is 0 Å². The normalized spacial score (nSPS) is 27.5. The lowest BCUT2D eigenvalue weighted by Crippen LogP contribution is -2.50. The Kier molecular flexibility index (Phi) is 4.68. The molecule has 0 amide bonds. The quantitative estimate of drug-likeness (QED) is 0.823. The fourth-order valence-corrected chi connectivity index (χ4v) is 4.51. The van der Waals surface area contributed by atoms with Crippen molar-refractivity contribution in [1.82, 2.24) is 9.80 Å². The van der Waals surface area contributed by atoms with Gasteiger partial charge in [0, 0.05) is 51.0 Å². The van der Waals surface area contributed by atoms with Crippen LogP contribution in [0.25, 0.3) is 0 Å². The Balaban J connectivity index is 1.33. The number of hydrogen-bond acceptors (Lipinski definition) is 5. The number of anilines is 1. The van der Waals surface area contributed by atoms with Gasteiger partial charge in [0.1, 0.15) is 0 Å². The van der Waals surface area contributed by atoms with E-state index in [0.717, 1.165) is 38.1 Å². The van der Waals surface area contributed by atoms with Crippen molar-refractivity contribution in [2.24, 2.45) is 0 Å². The molecule has 0 saturated carbocycles. The first-order chi connectivity index (χ1) is 12.2. The second-order valence-electron chi connectivity index (χ2n) is 7.84. The molecule has 3 aliphatic heterocycles. The predicted molar refractivity (Wildman–Crippen MR) is 98.8 cm³/mol. The summed E-state index contributed by atoms with van der Waals surface area (Å²) >= 11 is 0. The molecule has 1 spiro atoms. The number of nitrogens with zero attached hydrogens (tertiary/aromatic N) is 4. The average molecular weight is 340 g/mol. The molecule has 5 nitrogen and oxygen atoms in total. The standard InChI is InChI=1S/C20H28N4O/c1-22-10-12-24(13-11-22)19-14-20(25-16-19)6-8-23(9-7-20)18-4-2-17(15-21)3-5-18/h2-5,19H,6-14,16H2,1H3. The Hall–Kier alpha value is -1.61. The molecule has 0 aromatic heterocycles. The molecule has 134 valence electrons. The monoisotopic (exact) mass is 340 g/mol. The molecule has 1 atom stereocenters. The van der Waals surface area contributed by atoms with E-state index in [9.17, 15) is 0 Å². The van der Waals surface area contributed by atoms with Crippen LogP contribution < -0.4 is 4.90 Å². The predicted octanol–water partition coefficient (Wildman–Crippen LogP) is 1.93. The van der Waals surface area contributed by atoms with E-state index in [1.807, 2.05) is 12.1 Å². The molecule has 0 radical (unpaired) electrons. The van der Waals surface area contributed by atoms with E-state index >= 15 is 0 Å². The molecule has 4 rings (SSSR count). The zero-order valence-electron chi connectivity index (χ0n) is 15.2. The van der Waals surface area contributed by atoms with Gasteiger partial charge in [-0.25, -0.2) is 0 Å². The van der Waals surface area contributed by atoms with Crippen molar-refractivity contribution in [3.05, 3.63) is 29.8 Å². The van der Waals surface area contributed by atoms with E-state index in [1.54, 1.807) is 0 Å². The number of rotatable bonds is 2. The Morgan fingerprint density at radius 1 is 1.04 bits per heavy atom. The SMILES string of the molecule is CN1CCN(C2COC3(CCN(c4ccc(C#N)cc4)CC3)C2)CC1. The Labute approximate surface area is 150 Å². The van der Waals surface area contributed by atoms with Crippen LogP contribution in [0.3, 0.4) is 0 Å². The van der Waals surface area contributed by atoms with Crippen LogP contribution in [-0.2, 0) is 4.74 Å². The zero-order chi connectivity index (χ0) is 17.3. The van der Waals surface area contributed by atoms with E-state index in [0.29, 0.717) is 6.04 Å². The molecule has 3 aliphatic rings. The van der Waals surface area contributed by atoms with Gasteiger partial charge in [-0.2, -0.15) is 5.26 Å². The molecule has 25 heavy (non-hydrogen) atoms. The fourth-order valence-electron chi connectivity index (χ4n) is 4.51. The number of piperazine rings is 1. The van der Waals surface area contributed by atoms with Crippen LogP contribution in [0.15, 0.2) is 24.3 Å². The lowest BCUT2D eigenvalue weighted by molar-refractivity contribution is -0.0163. The largest absolute Gasteiger partial charge is 0.373 e. The van der Waals surface area contributed by atoms with Gasteiger partial charge in [-0.15, -0.1) is 0 Å². The highest BCUT2D eigenvalue weighted by atomic mass is 16.5. The number of piperidine rings is 1. The number of ether oxygens (including phenoxy) is 1. The van der Waals surface area contributed by atoms with E-state index in [4.69, 9.17) is 10.00 Å². The van der Waals surface area contributed by atoms with Crippen LogP contribution in [0.5, 0.6) is 0 Å². The summed E-state index contributed by atoms with van der Waals surface area (Å²) in [4.78, 5) is 7.48. The summed E-state index contributed by atoms with van der Waals surface area (Å²) in [5, 5.41) is 8.94. The summed E-state index contributed by atoms with van der Waals surface area (Å²) in [6, 6.07) is 10.8. The molecular weight excluding hydrogens is 312 g/mol. The van der Waals surface area contributed by atoms with Gasteiger partial charge in [0.15, 0.2) is 0 Å². The molecule has 0 aliphatic carbocycles. The zero-order valence-corrected chi connectivity index (χ0v) is 15.2. The van der Waals surface area contributed by atoms with E-state index in [-0.39, 0.29) is 5.60 Å². The van der Waals surface area contributed by atoms with Crippen LogP contribution in [0.4, 0.5) is 5.69 Å². The molecule has 3 fully saturated rings. The van der Waals surface area contributed by atoms with Crippen LogP contribution in [0.1, 0.15) is 24.8 Å². The van der Waals surface area contributed by atoms with Crippen molar-refractivity contribution in [3.63, 3.8) is 0 Å². The molecule has 3 heterocycles. The molecule has 1 unspecified atom stereocenters. The molecule has 5 heteroatoms. The van der Waals surface area contributed by atoms with Crippen LogP contribution in [0.2, 0.25) is 0 Å². The summed E-state index contributed by atoms with van der Waals surface area (Å²) in [5.74, 6) is 0. The molecule has 0 N–H and O–H groups in total. The van der Waals surface area contributed by atoms with Crippen molar-refractivity contribution in [2.45, 2.75) is 30.9 Å². The molecule has 3 saturated heterocycles. The van der Waals surface area contributed by atoms with Crippen molar-refractivity contribution < 1.29 is 4.74 Å². The summed E-state index contributed by atoms with van der Waals surface area (Å²) in [6.07, 6.45) is 3.41. The Morgan fingerprint density at radius 2 is 1.72 bits per heavy atom. The van der Waals surface area contributed by atoms with Gasteiger partial charge >= 0.3 is 0 Å². The Bertz CT molecular complexity index is 622. The second-order valence-corrected chi connectivity index (χ2v) is 7.84. The minimum absolute atomic E-state index is 0.0944. The summed E-state index contributed by atoms with van der Waals surface area (Å²) < 4.78 is 6.37. The topological polar surface area (TPSA) is 42.7 Å². The molecule has 1 aromatic carbocycles. The highest BCUT2D eigenvalue weighted by molar-refractivity contribution is 5.50. The Morgan fingerprint density at radius 3 is 2.36 bits per heavy atom. The third kappa shape index (κ3) is 3.52. The van der Waals surface area contributed by atoms with Crippen LogP contribution in [0, 0.1) is 11.3 Å². The van der Waals surface area contributed by atoms with Gasteiger partial charge < -0.3 is 14.5 Å². The van der Waals surface area contributed by atoms with E-state index < -0.39 is 0 Å². The van der Waals surface area contributed by atoms with Gasteiger partial charge in [-0.3, -0.25) is 4.90 Å². The molecule has 1 aromatic rings. The number of nitriles is 1. The van der Waals surface area contributed by atoms with Gasteiger partial charge in [-0.1, -0.05) is 0 Å². The third-order valence-electron chi connectivity index (χ3n) is 6.28. The first-order valence-electron chi connectivity index (χ1n) is 9.49. The lowest BCUT2D eigenvalue weighted by atomic mass is 9.86. The number of benzene rings is 1. The smallest absolute Gasteiger partial charge is 0.0991 e. The van der Waals surface area contributed by atoms with Crippen LogP contribution in [-0.4, -0.2) is 74.4 Å². The first kappa shape index (κ1) is 16.8. The summed E-state index contributed by atoms with van der Waals surface area (Å²) in [6.45, 7) is 7.70. The minimum Gasteiger partial charge on any atom is -0.373 e. The van der Waals surface area contributed by atoms with Crippen molar-refractivity contribution in [2.75, 3.05) is 57.8 Å². The molecule has 0 bridgehead atoms. The maximum absolute atomic E-state index is 8.94. The first-order valence-corrected chi connectivity index (χ1v) is 9.49. The number of hydrogen-bond donors (Lipinski definition) is 0. The summed E-state index contributed by atoms with van der Waals surface area (Å²) in [5.41, 5.74) is 2.05. The van der Waals surface area contributed by atoms with E-state index in [2.05, 4.69) is 39.9 Å². The highest BCUT2D eigenvalue weighted by Crippen LogP contribution is 2.38. The van der Waals surface area contributed by atoms with Crippen LogP contribution >= 0.6 is 0 Å². The number of likely N-dealkylation sites (N-methyl/N-ethyl adjacent to an activating group) is 1. The van der Waals surface area contributed by atoms with Crippen molar-refractivity contribution in [1.29, 1.82) is 5.26 Å². The average Bonchev–Trinajstić information content (AvgIpc) is 3.07. The lowest BCUT2D eigenvalue weighted by Gasteiger charge is -2.40. The minimum atomic E-state index is 0.0944.